The van der Waals surface area contributed by atoms with Crippen molar-refractivity contribution >= 4 is 23.2 Å². The van der Waals surface area contributed by atoms with Gasteiger partial charge in [-0.25, -0.2) is 4.39 Å². The summed E-state index contributed by atoms with van der Waals surface area (Å²) in [6.45, 7) is 2.23. The van der Waals surface area contributed by atoms with Gasteiger partial charge in [0.1, 0.15) is 5.82 Å². The molecule has 0 bridgehead atoms. The molecule has 0 fully saturated rings. The summed E-state index contributed by atoms with van der Waals surface area (Å²) >= 11 is 5.20. The number of carbonyl (C=O) groups is 1. The zero-order valence-corrected chi connectivity index (χ0v) is 14.5. The Balaban J connectivity index is 1.84. The number of nitrogens with one attached hydrogen (secondary N) is 3. The van der Waals surface area contributed by atoms with Crippen LogP contribution in [0.25, 0.3) is 0 Å². The molecular weight excluding hydrogens is 337 g/mol. The number of hydrogen-bond donors (Lipinski definition) is 3. The molecule has 2 aromatic carbocycles. The second-order valence-electron chi connectivity index (χ2n) is 5.79. The lowest BCUT2D eigenvalue weighted by molar-refractivity contribution is -0.118. The molecular formula is C19H18FN3OS. The summed E-state index contributed by atoms with van der Waals surface area (Å²) < 4.78 is 13.2. The number of allylic oxidation sites excluding steroid dienone is 1. The summed E-state index contributed by atoms with van der Waals surface area (Å²) in [5.74, 6) is -0.519. The molecule has 3 N–H and O–H groups in total. The van der Waals surface area contributed by atoms with Gasteiger partial charge in [-0.1, -0.05) is 42.5 Å². The molecule has 128 valence electrons. The van der Waals surface area contributed by atoms with Gasteiger partial charge < -0.3 is 16.0 Å². The molecule has 3 rings (SSSR count). The molecule has 0 aromatic heterocycles. The smallest absolute Gasteiger partial charge is 0.251 e. The van der Waals surface area contributed by atoms with Crippen molar-refractivity contribution in [1.29, 1.82) is 0 Å². The Bertz CT molecular complexity index is 818. The fraction of sp³-hybridized carbons (Fsp3) is 0.158. The molecule has 0 saturated heterocycles. The third kappa shape index (κ3) is 4.03. The second-order valence-corrected chi connectivity index (χ2v) is 6.20. The summed E-state index contributed by atoms with van der Waals surface area (Å²) in [5.41, 5.74) is 3.01. The number of carbonyl (C=O) groups excluding carboxylic acids is 1. The second kappa shape index (κ2) is 7.44. The van der Waals surface area contributed by atoms with Crippen molar-refractivity contribution in [2.45, 2.75) is 19.5 Å². The van der Waals surface area contributed by atoms with E-state index in [9.17, 15) is 9.18 Å². The van der Waals surface area contributed by atoms with Crippen molar-refractivity contribution in [2.24, 2.45) is 0 Å². The van der Waals surface area contributed by atoms with Crippen LogP contribution in [0.1, 0.15) is 24.1 Å². The van der Waals surface area contributed by atoms with Gasteiger partial charge in [0.05, 0.1) is 11.6 Å². The summed E-state index contributed by atoms with van der Waals surface area (Å²) in [4.78, 5) is 12.8. The third-order valence-corrected chi connectivity index (χ3v) is 4.23. The highest BCUT2D eigenvalue weighted by molar-refractivity contribution is 7.80. The first-order valence-corrected chi connectivity index (χ1v) is 8.31. The topological polar surface area (TPSA) is 53.2 Å². The molecule has 1 unspecified atom stereocenters. The Kier molecular flexibility index (Phi) is 5.09. The monoisotopic (exact) mass is 355 g/mol. The van der Waals surface area contributed by atoms with Gasteiger partial charge in [0, 0.05) is 12.2 Å². The van der Waals surface area contributed by atoms with Gasteiger partial charge in [-0.15, -0.1) is 0 Å². The van der Waals surface area contributed by atoms with Crippen LogP contribution >= 0.6 is 12.2 Å². The largest absolute Gasteiger partial charge is 0.351 e. The van der Waals surface area contributed by atoms with Gasteiger partial charge in [-0.05, 0) is 42.4 Å². The first-order valence-electron chi connectivity index (χ1n) is 7.90. The van der Waals surface area contributed by atoms with E-state index in [0.717, 1.165) is 11.1 Å². The van der Waals surface area contributed by atoms with E-state index in [2.05, 4.69) is 16.0 Å². The van der Waals surface area contributed by atoms with Gasteiger partial charge in [-0.3, -0.25) is 4.79 Å². The molecule has 6 heteroatoms. The minimum atomic E-state index is -0.426. The predicted molar refractivity (Wildman–Crippen MR) is 99.0 cm³/mol. The van der Waals surface area contributed by atoms with Crippen LogP contribution in [0.5, 0.6) is 0 Å². The molecule has 1 heterocycles. The number of amides is 1. The number of rotatable bonds is 4. The molecule has 4 nitrogen and oxygen atoms in total. The summed E-state index contributed by atoms with van der Waals surface area (Å²) in [7, 11) is 0. The van der Waals surface area contributed by atoms with Gasteiger partial charge >= 0.3 is 0 Å². The van der Waals surface area contributed by atoms with E-state index < -0.39 is 6.04 Å². The molecule has 1 atom stereocenters. The van der Waals surface area contributed by atoms with Crippen LogP contribution in [-0.4, -0.2) is 11.0 Å². The summed E-state index contributed by atoms with van der Waals surface area (Å²) in [6, 6.07) is 15.3. The average Bonchev–Trinajstić information content (AvgIpc) is 2.60. The maximum atomic E-state index is 13.2. The molecule has 2 aromatic rings. The SMILES string of the molecule is CC1=C(C(=O)NCc2ccccc2)C(c2ccc(F)cc2)NC(=S)N1. The Hall–Kier alpha value is -2.73. The average molecular weight is 355 g/mol. The normalized spacial score (nSPS) is 16.9. The van der Waals surface area contributed by atoms with E-state index in [4.69, 9.17) is 12.2 Å². The van der Waals surface area contributed by atoms with E-state index in [1.807, 2.05) is 30.3 Å². The molecule has 1 aliphatic rings. The van der Waals surface area contributed by atoms with E-state index >= 15 is 0 Å². The molecule has 25 heavy (non-hydrogen) atoms. The summed E-state index contributed by atoms with van der Waals surface area (Å²) in [5, 5.41) is 9.44. The number of halogens is 1. The lowest BCUT2D eigenvalue weighted by Gasteiger charge is -2.30. The van der Waals surface area contributed by atoms with Crippen molar-refractivity contribution in [1.82, 2.24) is 16.0 Å². The molecule has 1 amide bonds. The molecule has 1 aliphatic heterocycles. The van der Waals surface area contributed by atoms with Gasteiger partial charge in [-0.2, -0.15) is 0 Å². The van der Waals surface area contributed by atoms with Gasteiger partial charge in [0.25, 0.3) is 5.91 Å². The standard InChI is InChI=1S/C19H18FN3OS/c1-12-16(18(24)21-11-13-5-3-2-4-6-13)17(23-19(25)22-12)14-7-9-15(20)10-8-14/h2-10,17H,11H2,1H3,(H,21,24)(H2,22,23,25). The first-order chi connectivity index (χ1) is 12.0. The maximum Gasteiger partial charge on any atom is 0.251 e. The predicted octanol–water partition coefficient (Wildman–Crippen LogP) is 2.93. The Labute approximate surface area is 151 Å². The van der Waals surface area contributed by atoms with Crippen LogP contribution in [0.2, 0.25) is 0 Å². The summed E-state index contributed by atoms with van der Waals surface area (Å²) in [6.07, 6.45) is 0. The minimum Gasteiger partial charge on any atom is -0.351 e. The van der Waals surface area contributed by atoms with Crippen LogP contribution < -0.4 is 16.0 Å². The van der Waals surface area contributed by atoms with Crippen LogP contribution in [0.4, 0.5) is 4.39 Å². The number of thiocarbonyl (C=S) groups is 1. The molecule has 0 aliphatic carbocycles. The van der Waals surface area contributed by atoms with Crippen LogP contribution in [0.15, 0.2) is 65.9 Å². The Morgan fingerprint density at radius 3 is 2.52 bits per heavy atom. The molecule has 0 radical (unpaired) electrons. The molecule has 0 saturated carbocycles. The highest BCUT2D eigenvalue weighted by Gasteiger charge is 2.29. The van der Waals surface area contributed by atoms with Crippen molar-refractivity contribution in [3.05, 3.63) is 82.8 Å². The fourth-order valence-electron chi connectivity index (χ4n) is 2.77. The lowest BCUT2D eigenvalue weighted by atomic mass is 9.95. The van der Waals surface area contributed by atoms with Crippen molar-refractivity contribution in [3.8, 4) is 0 Å². The van der Waals surface area contributed by atoms with Crippen LogP contribution in [-0.2, 0) is 11.3 Å². The highest BCUT2D eigenvalue weighted by atomic mass is 32.1. The zero-order valence-electron chi connectivity index (χ0n) is 13.7. The first kappa shape index (κ1) is 17.1. The van der Waals surface area contributed by atoms with E-state index in [1.54, 1.807) is 19.1 Å². The minimum absolute atomic E-state index is 0.196. The lowest BCUT2D eigenvalue weighted by Crippen LogP contribution is -2.46. The Morgan fingerprint density at radius 2 is 1.84 bits per heavy atom. The van der Waals surface area contributed by atoms with E-state index in [0.29, 0.717) is 22.9 Å². The van der Waals surface area contributed by atoms with Crippen molar-refractivity contribution in [2.75, 3.05) is 0 Å². The molecule has 0 spiro atoms. The van der Waals surface area contributed by atoms with Gasteiger partial charge in [0.15, 0.2) is 5.11 Å². The Morgan fingerprint density at radius 1 is 1.16 bits per heavy atom. The highest BCUT2D eigenvalue weighted by Crippen LogP contribution is 2.27. The van der Waals surface area contributed by atoms with Crippen LogP contribution in [0, 0.1) is 5.82 Å². The number of hydrogen-bond acceptors (Lipinski definition) is 2. The third-order valence-electron chi connectivity index (χ3n) is 4.01. The van der Waals surface area contributed by atoms with Crippen LogP contribution in [0.3, 0.4) is 0 Å². The van der Waals surface area contributed by atoms with Crippen molar-refractivity contribution < 1.29 is 9.18 Å². The van der Waals surface area contributed by atoms with E-state index in [-0.39, 0.29) is 11.7 Å². The van der Waals surface area contributed by atoms with E-state index in [1.165, 1.54) is 12.1 Å². The maximum absolute atomic E-state index is 13.2. The van der Waals surface area contributed by atoms with Gasteiger partial charge in [0.2, 0.25) is 0 Å². The number of benzene rings is 2. The fourth-order valence-corrected chi connectivity index (χ4v) is 3.04. The quantitative estimate of drug-likeness (QED) is 0.738. The zero-order chi connectivity index (χ0) is 17.8. The van der Waals surface area contributed by atoms with Crippen molar-refractivity contribution in [3.63, 3.8) is 0 Å².